The number of likely N-dealkylation sites (tertiary alicyclic amines) is 1. The molecule has 0 spiro atoms. The maximum absolute atomic E-state index is 12.7. The van der Waals surface area contributed by atoms with Gasteiger partial charge in [-0.15, -0.1) is 13.2 Å². The standard InChI is InChI=1S/C21H21F3N4O5/c1-2-28-11-17(9-25-28)32-16-7-8-27(10-16)20(29)18-12-31-19(26-18)13-30-14-3-5-15(6-4-14)33-21(22,23)24/h3-6,9,11-12,16H,2,7-8,10,13H2,1H3. The molecule has 1 aromatic carbocycles. The average molecular weight is 466 g/mol. The molecule has 1 unspecified atom stereocenters. The fourth-order valence-electron chi connectivity index (χ4n) is 3.30. The van der Waals surface area contributed by atoms with Gasteiger partial charge in [-0.05, 0) is 31.2 Å². The summed E-state index contributed by atoms with van der Waals surface area (Å²) in [6.45, 7) is 3.57. The Bertz CT molecular complexity index is 1080. The Morgan fingerprint density at radius 1 is 1.21 bits per heavy atom. The van der Waals surface area contributed by atoms with Crippen LogP contribution in [-0.4, -0.2) is 51.1 Å². The van der Waals surface area contributed by atoms with Crippen molar-refractivity contribution in [2.75, 3.05) is 13.1 Å². The highest BCUT2D eigenvalue weighted by Crippen LogP contribution is 2.25. The molecule has 4 rings (SSSR count). The zero-order valence-electron chi connectivity index (χ0n) is 17.6. The third-order valence-electron chi connectivity index (χ3n) is 4.86. The summed E-state index contributed by atoms with van der Waals surface area (Å²) in [5.74, 6) is 0.476. The first-order valence-electron chi connectivity index (χ1n) is 10.2. The van der Waals surface area contributed by atoms with Gasteiger partial charge in [0.2, 0.25) is 5.89 Å². The largest absolute Gasteiger partial charge is 0.573 e. The fraction of sp³-hybridized carbons (Fsp3) is 0.381. The van der Waals surface area contributed by atoms with E-state index in [1.54, 1.807) is 15.8 Å². The third-order valence-corrected chi connectivity index (χ3v) is 4.86. The van der Waals surface area contributed by atoms with Gasteiger partial charge in [0, 0.05) is 19.5 Å². The first-order valence-corrected chi connectivity index (χ1v) is 10.2. The Morgan fingerprint density at radius 3 is 2.67 bits per heavy atom. The van der Waals surface area contributed by atoms with E-state index in [0.717, 1.165) is 18.7 Å². The van der Waals surface area contributed by atoms with Crippen LogP contribution >= 0.6 is 0 Å². The van der Waals surface area contributed by atoms with Crippen LogP contribution in [-0.2, 0) is 13.2 Å². The molecule has 176 valence electrons. The van der Waals surface area contributed by atoms with E-state index < -0.39 is 6.36 Å². The number of ether oxygens (including phenoxy) is 3. The molecule has 0 N–H and O–H groups in total. The van der Waals surface area contributed by atoms with Crippen molar-refractivity contribution in [2.45, 2.75) is 39.0 Å². The Balaban J connectivity index is 1.27. The number of hydrogen-bond acceptors (Lipinski definition) is 7. The Hall–Kier alpha value is -3.70. The lowest BCUT2D eigenvalue weighted by molar-refractivity contribution is -0.274. The van der Waals surface area contributed by atoms with Crippen LogP contribution in [0.4, 0.5) is 13.2 Å². The third kappa shape index (κ3) is 5.96. The first kappa shape index (κ1) is 22.5. The molecule has 3 heterocycles. The van der Waals surface area contributed by atoms with Crippen LogP contribution in [0, 0.1) is 0 Å². The zero-order chi connectivity index (χ0) is 23.4. The number of nitrogens with zero attached hydrogens (tertiary/aromatic N) is 4. The number of amides is 1. The summed E-state index contributed by atoms with van der Waals surface area (Å²) in [6, 6.07) is 4.91. The Kier molecular flexibility index (Phi) is 6.43. The van der Waals surface area contributed by atoms with Crippen molar-refractivity contribution in [1.82, 2.24) is 19.7 Å². The monoisotopic (exact) mass is 466 g/mol. The highest BCUT2D eigenvalue weighted by atomic mass is 19.4. The maximum Gasteiger partial charge on any atom is 0.573 e. The van der Waals surface area contributed by atoms with E-state index >= 15 is 0 Å². The smallest absolute Gasteiger partial charge is 0.485 e. The van der Waals surface area contributed by atoms with E-state index in [0.29, 0.717) is 31.0 Å². The van der Waals surface area contributed by atoms with Gasteiger partial charge in [0.1, 0.15) is 23.9 Å². The van der Waals surface area contributed by atoms with Gasteiger partial charge in [-0.1, -0.05) is 0 Å². The summed E-state index contributed by atoms with van der Waals surface area (Å²) >= 11 is 0. The summed E-state index contributed by atoms with van der Waals surface area (Å²) in [5, 5.41) is 4.16. The highest BCUT2D eigenvalue weighted by Gasteiger charge is 2.31. The molecule has 3 aromatic rings. The second-order valence-electron chi connectivity index (χ2n) is 7.25. The van der Waals surface area contributed by atoms with Crippen LogP contribution in [0.15, 0.2) is 47.3 Å². The predicted molar refractivity (Wildman–Crippen MR) is 107 cm³/mol. The highest BCUT2D eigenvalue weighted by molar-refractivity contribution is 5.92. The van der Waals surface area contributed by atoms with Gasteiger partial charge in [0.05, 0.1) is 18.9 Å². The number of aryl methyl sites for hydroxylation is 1. The molecule has 0 saturated carbocycles. The second kappa shape index (κ2) is 9.43. The molecule has 1 aliphatic rings. The van der Waals surface area contributed by atoms with Gasteiger partial charge >= 0.3 is 6.36 Å². The van der Waals surface area contributed by atoms with Crippen molar-refractivity contribution in [3.05, 3.63) is 54.5 Å². The van der Waals surface area contributed by atoms with Gasteiger partial charge < -0.3 is 23.5 Å². The minimum absolute atomic E-state index is 0.0973. The van der Waals surface area contributed by atoms with Crippen molar-refractivity contribution in [3.63, 3.8) is 0 Å². The number of carbonyl (C=O) groups excluding carboxylic acids is 1. The van der Waals surface area contributed by atoms with Gasteiger partial charge in [-0.3, -0.25) is 9.48 Å². The van der Waals surface area contributed by atoms with E-state index in [9.17, 15) is 18.0 Å². The normalized spacial score (nSPS) is 16.1. The Labute approximate surface area is 186 Å². The molecule has 0 radical (unpaired) electrons. The molecule has 1 saturated heterocycles. The number of alkyl halides is 3. The van der Waals surface area contributed by atoms with Crippen molar-refractivity contribution < 1.29 is 36.6 Å². The van der Waals surface area contributed by atoms with Gasteiger partial charge in [-0.2, -0.15) is 5.10 Å². The number of benzene rings is 1. The summed E-state index contributed by atoms with van der Waals surface area (Å²) in [7, 11) is 0. The lowest BCUT2D eigenvalue weighted by atomic mass is 10.3. The summed E-state index contributed by atoms with van der Waals surface area (Å²) in [6.07, 6.45) is 0.497. The number of hydrogen-bond donors (Lipinski definition) is 0. The van der Waals surface area contributed by atoms with E-state index in [-0.39, 0.29) is 36.0 Å². The topological polar surface area (TPSA) is 91.9 Å². The fourth-order valence-corrected chi connectivity index (χ4v) is 3.30. The lowest BCUT2D eigenvalue weighted by Crippen LogP contribution is -2.31. The predicted octanol–water partition coefficient (Wildman–Crippen LogP) is 3.66. The lowest BCUT2D eigenvalue weighted by Gasteiger charge is -2.15. The number of oxazole rings is 1. The molecule has 1 aliphatic heterocycles. The molecular formula is C21H21F3N4O5. The molecule has 0 bridgehead atoms. The molecule has 1 amide bonds. The van der Waals surface area contributed by atoms with Crippen LogP contribution in [0.25, 0.3) is 0 Å². The van der Waals surface area contributed by atoms with Crippen molar-refractivity contribution in [3.8, 4) is 17.2 Å². The van der Waals surface area contributed by atoms with Crippen molar-refractivity contribution in [2.24, 2.45) is 0 Å². The molecule has 1 atom stereocenters. The van der Waals surface area contributed by atoms with Gasteiger partial charge in [0.25, 0.3) is 5.91 Å². The molecule has 1 fully saturated rings. The average Bonchev–Trinajstić information content (AvgIpc) is 3.53. The minimum atomic E-state index is -4.76. The quantitative estimate of drug-likeness (QED) is 0.500. The van der Waals surface area contributed by atoms with E-state index in [1.807, 2.05) is 13.1 Å². The molecule has 9 nitrogen and oxygen atoms in total. The number of carbonyl (C=O) groups is 1. The Morgan fingerprint density at radius 2 is 1.97 bits per heavy atom. The zero-order valence-corrected chi connectivity index (χ0v) is 17.6. The van der Waals surface area contributed by atoms with Gasteiger partial charge in [-0.25, -0.2) is 4.98 Å². The molecule has 0 aliphatic carbocycles. The van der Waals surface area contributed by atoms with Crippen LogP contribution in [0.3, 0.4) is 0 Å². The first-order chi connectivity index (χ1) is 15.8. The number of rotatable bonds is 8. The summed E-state index contributed by atoms with van der Waals surface area (Å²) < 4.78 is 58.8. The van der Waals surface area contributed by atoms with Crippen LogP contribution in [0.2, 0.25) is 0 Å². The van der Waals surface area contributed by atoms with Gasteiger partial charge in [0.15, 0.2) is 18.1 Å². The molecule has 2 aromatic heterocycles. The summed E-state index contributed by atoms with van der Waals surface area (Å²) in [5.41, 5.74) is 0.141. The number of halogens is 3. The van der Waals surface area contributed by atoms with Crippen LogP contribution in [0.1, 0.15) is 29.7 Å². The van der Waals surface area contributed by atoms with Crippen LogP contribution in [0.5, 0.6) is 17.2 Å². The van der Waals surface area contributed by atoms with Crippen LogP contribution < -0.4 is 14.2 Å². The second-order valence-corrected chi connectivity index (χ2v) is 7.25. The maximum atomic E-state index is 12.7. The van der Waals surface area contributed by atoms with Crippen molar-refractivity contribution in [1.29, 1.82) is 0 Å². The summed E-state index contributed by atoms with van der Waals surface area (Å²) in [4.78, 5) is 18.5. The van der Waals surface area contributed by atoms with E-state index in [2.05, 4.69) is 14.8 Å². The van der Waals surface area contributed by atoms with E-state index in [4.69, 9.17) is 13.9 Å². The van der Waals surface area contributed by atoms with Crippen molar-refractivity contribution >= 4 is 5.91 Å². The minimum Gasteiger partial charge on any atom is -0.485 e. The molecule has 33 heavy (non-hydrogen) atoms. The number of aromatic nitrogens is 3. The molecular weight excluding hydrogens is 445 g/mol. The molecule has 12 heteroatoms. The SMILES string of the molecule is CCn1cc(OC2CCN(C(=O)c3coc(COc4ccc(OC(F)(F)F)cc4)n3)C2)cn1. The van der Waals surface area contributed by atoms with E-state index in [1.165, 1.54) is 18.4 Å².